The first-order valence-electron chi connectivity index (χ1n) is 16.4. The van der Waals surface area contributed by atoms with Gasteiger partial charge in [-0.2, -0.15) is 0 Å². The van der Waals surface area contributed by atoms with Crippen molar-refractivity contribution in [2.45, 2.75) is 6.10 Å². The minimum Gasteiger partial charge on any atom is -0.383 e. The first-order chi connectivity index (χ1) is 24.5. The lowest BCUT2D eigenvalue weighted by Gasteiger charge is -2.08. The predicted molar refractivity (Wildman–Crippen MR) is 202 cm³/mol. The van der Waals surface area contributed by atoms with Gasteiger partial charge in [-0.15, -0.1) is 0 Å². The molecule has 6 aromatic rings. The Labute approximate surface area is 284 Å². The van der Waals surface area contributed by atoms with Crippen molar-refractivity contribution >= 4 is 92.7 Å². The lowest BCUT2D eigenvalue weighted by molar-refractivity contribution is 0.224. The van der Waals surface area contributed by atoms with Gasteiger partial charge >= 0.3 is 0 Å². The van der Waals surface area contributed by atoms with E-state index in [1.165, 1.54) is 0 Å². The zero-order valence-corrected chi connectivity index (χ0v) is 26.5. The van der Waals surface area contributed by atoms with Gasteiger partial charge in [-0.05, 0) is 134 Å². The van der Waals surface area contributed by atoms with Crippen LogP contribution in [0.3, 0.4) is 0 Å². The van der Waals surface area contributed by atoms with Gasteiger partial charge in [0.1, 0.15) is 6.10 Å². The number of rotatable bonds is 2. The van der Waals surface area contributed by atoms with E-state index < -0.39 is 6.10 Å². The molecule has 0 radical (unpaired) electrons. The Morgan fingerprint density at radius 1 is 0.340 bits per heavy atom. The normalized spacial score (nSPS) is 13.7. The molecule has 0 amide bonds. The van der Waals surface area contributed by atoms with Gasteiger partial charge in [-0.3, -0.25) is 0 Å². The Hall–Kier alpha value is -6.84. The van der Waals surface area contributed by atoms with Crippen LogP contribution in [-0.4, -0.2) is 45.0 Å². The van der Waals surface area contributed by atoms with Crippen molar-refractivity contribution in [2.24, 2.45) is 0 Å². The van der Waals surface area contributed by atoms with E-state index in [-0.39, 0.29) is 0 Å². The molecule has 10 heterocycles. The van der Waals surface area contributed by atoms with E-state index >= 15 is 0 Å². The number of aliphatic hydroxyl groups excluding tert-OH is 1. The lowest BCUT2D eigenvalue weighted by Crippen LogP contribution is -1.98. The van der Waals surface area contributed by atoms with E-state index in [1.807, 2.05) is 134 Å². The van der Waals surface area contributed by atoms with Gasteiger partial charge in [0.15, 0.2) is 0 Å². The molecular weight excluding hydrogens is 621 g/mol. The molecule has 238 valence electrons. The van der Waals surface area contributed by atoms with E-state index in [0.717, 1.165) is 95.2 Å². The molecule has 10 rings (SSSR count). The van der Waals surface area contributed by atoms with E-state index in [9.17, 15) is 5.11 Å². The second-order valence-electron chi connectivity index (χ2n) is 12.7. The highest BCUT2D eigenvalue weighted by Crippen LogP contribution is 2.32. The number of nitrogens with zero attached hydrogens (tertiary/aromatic N) is 4. The van der Waals surface area contributed by atoms with Crippen molar-refractivity contribution < 1.29 is 5.11 Å². The summed E-state index contributed by atoms with van der Waals surface area (Å²) < 4.78 is 0. The number of fused-ring (bicyclic) bond motifs is 16. The third-order valence-corrected chi connectivity index (χ3v) is 8.99. The molecule has 0 saturated heterocycles. The highest BCUT2D eigenvalue weighted by Gasteiger charge is 2.19. The molecule has 6 aromatic heterocycles. The van der Waals surface area contributed by atoms with Gasteiger partial charge in [0.25, 0.3) is 0 Å². The smallest absolute Gasteiger partial charge is 0.108 e. The SMILES string of the molecule is OC(c1cc2cc3nc(cc4ccc(cc5nc(cc1[nH]2)C=C5)[nH]4)C=C3)c1cc2cc3ccc(cc4nc(cc5nc(cc1[nH]2)C=C5)C=C4)[nH]3. The second kappa shape index (κ2) is 11.1. The fourth-order valence-corrected chi connectivity index (χ4v) is 6.70. The van der Waals surface area contributed by atoms with Crippen LogP contribution < -0.4 is 0 Å². The third kappa shape index (κ3) is 5.37. The molecule has 0 fully saturated rings. The standard InChI is InChI=1S/C41H28N8O/c50-41(37-19-35-17-31-7-5-27(44-31)13-23-1-3-25(42-23)15-29-9-11-33(46-29)21-39(37)48-35)38-20-36-18-32-8-6-28(45-32)14-24-2-4-26(43-24)16-30-10-12-34(47-30)22-40(38)49-36/h1-22,41-42,45,48-50H. The van der Waals surface area contributed by atoms with E-state index in [1.54, 1.807) is 0 Å². The maximum atomic E-state index is 12.2. The summed E-state index contributed by atoms with van der Waals surface area (Å²) >= 11 is 0. The summed E-state index contributed by atoms with van der Waals surface area (Å²) in [5, 5.41) is 12.2. The molecule has 0 aromatic carbocycles. The number of aliphatic hydroxyl groups is 1. The Bertz CT molecular complexity index is 2860. The average Bonchev–Trinajstić information content (AvgIpc) is 3.93. The van der Waals surface area contributed by atoms with Crippen LogP contribution in [-0.2, 0) is 0 Å². The van der Waals surface area contributed by atoms with Gasteiger partial charge in [0.2, 0.25) is 0 Å². The van der Waals surface area contributed by atoms with Gasteiger partial charge in [0.05, 0.1) is 45.6 Å². The number of aromatic nitrogens is 8. The number of hydrogen-bond acceptors (Lipinski definition) is 5. The van der Waals surface area contributed by atoms with E-state index in [0.29, 0.717) is 5.56 Å². The summed E-state index contributed by atoms with van der Waals surface area (Å²) in [6.07, 6.45) is 14.9. The van der Waals surface area contributed by atoms with Gasteiger partial charge < -0.3 is 25.0 Å². The van der Waals surface area contributed by atoms with Crippen molar-refractivity contribution in [1.29, 1.82) is 0 Å². The molecule has 5 N–H and O–H groups in total. The summed E-state index contributed by atoms with van der Waals surface area (Å²) in [5.74, 6) is 0. The maximum Gasteiger partial charge on any atom is 0.108 e. The summed E-state index contributed by atoms with van der Waals surface area (Å²) in [5.41, 5.74) is 15.0. The molecule has 1 unspecified atom stereocenters. The zero-order chi connectivity index (χ0) is 33.2. The van der Waals surface area contributed by atoms with Crippen LogP contribution in [0.4, 0.5) is 0 Å². The first kappa shape index (κ1) is 28.2. The first-order valence-corrected chi connectivity index (χ1v) is 16.4. The minimum atomic E-state index is -0.983. The summed E-state index contributed by atoms with van der Waals surface area (Å²) in [6.45, 7) is 0. The van der Waals surface area contributed by atoms with Crippen LogP contribution >= 0.6 is 0 Å². The minimum absolute atomic E-state index is 0.714. The number of hydrogen-bond donors (Lipinski definition) is 5. The predicted octanol–water partition coefficient (Wildman–Crippen LogP) is 8.71. The van der Waals surface area contributed by atoms with Crippen LogP contribution in [0.1, 0.15) is 62.8 Å². The molecule has 1 atom stereocenters. The molecular formula is C41H28N8O. The third-order valence-electron chi connectivity index (χ3n) is 8.99. The van der Waals surface area contributed by atoms with E-state index in [2.05, 4.69) is 19.9 Å². The molecule has 4 aliphatic heterocycles. The molecule has 9 nitrogen and oxygen atoms in total. The van der Waals surface area contributed by atoms with Crippen molar-refractivity contribution in [3.8, 4) is 0 Å². The Balaban J connectivity index is 1.19. The highest BCUT2D eigenvalue weighted by atomic mass is 16.3. The number of nitrogens with one attached hydrogen (secondary N) is 4. The van der Waals surface area contributed by atoms with Crippen molar-refractivity contribution in [2.75, 3.05) is 0 Å². The molecule has 16 bridgehead atoms. The summed E-state index contributed by atoms with van der Waals surface area (Å²) in [6, 6.07) is 28.1. The van der Waals surface area contributed by atoms with Crippen molar-refractivity contribution in [3.63, 3.8) is 0 Å². The fourth-order valence-electron chi connectivity index (χ4n) is 6.70. The Morgan fingerprint density at radius 2 is 0.660 bits per heavy atom. The van der Waals surface area contributed by atoms with Gasteiger partial charge in [0, 0.05) is 55.3 Å². The fraction of sp³-hybridized carbons (Fsp3) is 0.0244. The van der Waals surface area contributed by atoms with Crippen molar-refractivity contribution in [1.82, 2.24) is 39.9 Å². The van der Waals surface area contributed by atoms with Crippen LogP contribution in [0.25, 0.3) is 92.7 Å². The molecule has 4 aliphatic rings. The Morgan fingerprint density at radius 3 is 1.08 bits per heavy atom. The van der Waals surface area contributed by atoms with Gasteiger partial charge in [-0.25, -0.2) is 19.9 Å². The van der Waals surface area contributed by atoms with Crippen LogP contribution in [0.5, 0.6) is 0 Å². The zero-order valence-electron chi connectivity index (χ0n) is 26.5. The topological polar surface area (TPSA) is 135 Å². The average molecular weight is 649 g/mol. The van der Waals surface area contributed by atoms with Crippen LogP contribution in [0.15, 0.2) is 84.9 Å². The van der Waals surface area contributed by atoms with Crippen LogP contribution in [0, 0.1) is 0 Å². The van der Waals surface area contributed by atoms with Gasteiger partial charge in [-0.1, -0.05) is 0 Å². The molecule has 50 heavy (non-hydrogen) atoms. The number of aromatic amines is 4. The molecule has 0 aliphatic carbocycles. The summed E-state index contributed by atoms with van der Waals surface area (Å²) in [4.78, 5) is 33.1. The summed E-state index contributed by atoms with van der Waals surface area (Å²) in [7, 11) is 0. The monoisotopic (exact) mass is 648 g/mol. The number of H-pyrrole nitrogens is 4. The van der Waals surface area contributed by atoms with Crippen LogP contribution in [0.2, 0.25) is 0 Å². The molecule has 9 heteroatoms. The maximum absolute atomic E-state index is 12.2. The van der Waals surface area contributed by atoms with Crippen molar-refractivity contribution in [3.05, 3.63) is 142 Å². The second-order valence-corrected chi connectivity index (χ2v) is 12.7. The lowest BCUT2D eigenvalue weighted by atomic mass is 10.0. The molecule has 0 spiro atoms. The largest absolute Gasteiger partial charge is 0.383 e. The quantitative estimate of drug-likeness (QED) is 0.128. The van der Waals surface area contributed by atoms with E-state index in [4.69, 9.17) is 19.9 Å². The highest BCUT2D eigenvalue weighted by molar-refractivity contribution is 5.82. The Kier molecular flexibility index (Phi) is 6.27. The molecule has 0 saturated carbocycles.